The number of carboxylic acid groups (broad SMARTS) is 1. The summed E-state index contributed by atoms with van der Waals surface area (Å²) in [5.74, 6) is -1.57. The van der Waals surface area contributed by atoms with Crippen molar-refractivity contribution in [1.82, 2.24) is 4.98 Å². The number of fused-ring (bicyclic) bond motifs is 1. The van der Waals surface area contributed by atoms with Crippen molar-refractivity contribution < 1.29 is 15.0 Å². The summed E-state index contributed by atoms with van der Waals surface area (Å²) in [7, 11) is 0. The van der Waals surface area contributed by atoms with Crippen LogP contribution in [-0.4, -0.2) is 21.2 Å². The Kier molecular flexibility index (Phi) is 2.21. The van der Waals surface area contributed by atoms with Crippen LogP contribution in [0.1, 0.15) is 10.4 Å². The van der Waals surface area contributed by atoms with Crippen LogP contribution in [0.2, 0.25) is 5.02 Å². The summed E-state index contributed by atoms with van der Waals surface area (Å²) < 4.78 is 0. The molecule has 1 aromatic heterocycles. The third-order valence-corrected chi connectivity index (χ3v) is 2.26. The Morgan fingerprint density at radius 2 is 2.13 bits per heavy atom. The van der Waals surface area contributed by atoms with Gasteiger partial charge in [0.25, 0.3) is 0 Å². The number of aromatic carboxylic acids is 1. The van der Waals surface area contributed by atoms with E-state index >= 15 is 0 Å². The number of aromatic nitrogens is 1. The van der Waals surface area contributed by atoms with Crippen LogP contribution in [-0.2, 0) is 0 Å². The molecule has 0 aliphatic rings. The first-order valence-corrected chi connectivity index (χ1v) is 4.48. The highest BCUT2D eigenvalue weighted by Gasteiger charge is 2.14. The molecular formula is C10H6ClNO3. The lowest BCUT2D eigenvalue weighted by Gasteiger charge is -2.04. The molecule has 0 aliphatic heterocycles. The summed E-state index contributed by atoms with van der Waals surface area (Å²) in [5, 5.41) is 19.0. The molecule has 1 heterocycles. The molecule has 0 bridgehead atoms. The van der Waals surface area contributed by atoms with Gasteiger partial charge in [0.1, 0.15) is 11.3 Å². The molecule has 0 radical (unpaired) electrons. The lowest BCUT2D eigenvalue weighted by molar-refractivity contribution is 0.0696. The monoisotopic (exact) mass is 223 g/mol. The fraction of sp³-hybridized carbons (Fsp3) is 0. The van der Waals surface area contributed by atoms with E-state index in [1.54, 1.807) is 12.1 Å². The van der Waals surface area contributed by atoms with Crippen LogP contribution in [0.25, 0.3) is 10.9 Å². The third-order valence-electron chi connectivity index (χ3n) is 2.02. The summed E-state index contributed by atoms with van der Waals surface area (Å²) in [4.78, 5) is 14.8. The molecule has 15 heavy (non-hydrogen) atoms. The number of carboxylic acids is 1. The maximum atomic E-state index is 10.9. The van der Waals surface area contributed by atoms with Crippen molar-refractivity contribution in [3.8, 4) is 5.75 Å². The van der Waals surface area contributed by atoms with E-state index < -0.39 is 5.97 Å². The van der Waals surface area contributed by atoms with Crippen molar-refractivity contribution in [3.05, 3.63) is 35.0 Å². The van der Waals surface area contributed by atoms with Crippen LogP contribution in [0.3, 0.4) is 0 Å². The second-order valence-electron chi connectivity index (χ2n) is 2.99. The number of aromatic hydroxyl groups is 1. The molecule has 0 aliphatic carbocycles. The van der Waals surface area contributed by atoms with Gasteiger partial charge in [0.2, 0.25) is 0 Å². The van der Waals surface area contributed by atoms with Crippen LogP contribution in [0.4, 0.5) is 0 Å². The molecule has 0 unspecified atom stereocenters. The van der Waals surface area contributed by atoms with Crippen molar-refractivity contribution in [2.24, 2.45) is 0 Å². The minimum atomic E-state index is -1.21. The third kappa shape index (κ3) is 1.59. The van der Waals surface area contributed by atoms with Gasteiger partial charge in [-0.25, -0.2) is 4.79 Å². The number of benzene rings is 1. The standard InChI is InChI=1S/C10H6ClNO3/c11-5-1-2-7-6(3-5)9(10(14)15)8(13)4-12-7/h1-4,13H,(H,14,15). The van der Waals surface area contributed by atoms with Crippen molar-refractivity contribution in [1.29, 1.82) is 0 Å². The van der Waals surface area contributed by atoms with Gasteiger partial charge in [0.05, 0.1) is 11.7 Å². The number of halogens is 1. The van der Waals surface area contributed by atoms with Crippen molar-refractivity contribution in [3.63, 3.8) is 0 Å². The summed E-state index contributed by atoms with van der Waals surface area (Å²) in [6.07, 6.45) is 1.11. The zero-order valence-electron chi connectivity index (χ0n) is 7.44. The van der Waals surface area contributed by atoms with Gasteiger partial charge in [-0.05, 0) is 18.2 Å². The second kappa shape index (κ2) is 3.40. The Morgan fingerprint density at radius 1 is 1.40 bits per heavy atom. The topological polar surface area (TPSA) is 70.4 Å². The number of nitrogens with zero attached hydrogens (tertiary/aromatic N) is 1. The van der Waals surface area contributed by atoms with Crippen molar-refractivity contribution in [2.45, 2.75) is 0 Å². The van der Waals surface area contributed by atoms with Crippen LogP contribution >= 0.6 is 11.6 Å². The lowest BCUT2D eigenvalue weighted by atomic mass is 10.1. The summed E-state index contributed by atoms with van der Waals surface area (Å²) in [6.45, 7) is 0. The molecule has 0 amide bonds. The lowest BCUT2D eigenvalue weighted by Crippen LogP contribution is -1.99. The zero-order chi connectivity index (χ0) is 11.0. The molecule has 0 saturated carbocycles. The van der Waals surface area contributed by atoms with Gasteiger partial charge >= 0.3 is 5.97 Å². The van der Waals surface area contributed by atoms with Gasteiger partial charge in [-0.2, -0.15) is 0 Å². The second-order valence-corrected chi connectivity index (χ2v) is 3.42. The smallest absolute Gasteiger partial charge is 0.340 e. The first-order chi connectivity index (χ1) is 7.09. The van der Waals surface area contributed by atoms with Gasteiger partial charge in [-0.15, -0.1) is 0 Å². The summed E-state index contributed by atoms with van der Waals surface area (Å²) >= 11 is 5.75. The zero-order valence-corrected chi connectivity index (χ0v) is 8.19. The van der Waals surface area contributed by atoms with Crippen LogP contribution in [0.15, 0.2) is 24.4 Å². The van der Waals surface area contributed by atoms with Gasteiger partial charge in [0.15, 0.2) is 0 Å². The Bertz CT molecular complexity index is 548. The Morgan fingerprint density at radius 3 is 2.80 bits per heavy atom. The fourth-order valence-electron chi connectivity index (χ4n) is 1.38. The van der Waals surface area contributed by atoms with Crippen LogP contribution in [0, 0.1) is 0 Å². The molecule has 0 fully saturated rings. The molecule has 2 aromatic rings. The first-order valence-electron chi connectivity index (χ1n) is 4.10. The molecular weight excluding hydrogens is 218 g/mol. The number of hydrogen-bond donors (Lipinski definition) is 2. The number of carbonyl (C=O) groups is 1. The van der Waals surface area contributed by atoms with Crippen LogP contribution < -0.4 is 0 Å². The van der Waals surface area contributed by atoms with Gasteiger partial charge in [-0.3, -0.25) is 4.98 Å². The van der Waals surface area contributed by atoms with E-state index in [0.29, 0.717) is 15.9 Å². The van der Waals surface area contributed by atoms with E-state index in [1.165, 1.54) is 6.07 Å². The fourth-order valence-corrected chi connectivity index (χ4v) is 1.55. The molecule has 0 spiro atoms. The predicted octanol–water partition coefficient (Wildman–Crippen LogP) is 2.29. The van der Waals surface area contributed by atoms with E-state index in [4.69, 9.17) is 16.7 Å². The largest absolute Gasteiger partial charge is 0.505 e. The Hall–Kier alpha value is -1.81. The van der Waals surface area contributed by atoms with Gasteiger partial charge in [-0.1, -0.05) is 11.6 Å². The molecule has 4 nitrogen and oxygen atoms in total. The van der Waals surface area contributed by atoms with E-state index in [9.17, 15) is 9.90 Å². The highest BCUT2D eigenvalue weighted by molar-refractivity contribution is 6.31. The molecule has 76 valence electrons. The van der Waals surface area contributed by atoms with E-state index in [2.05, 4.69) is 4.98 Å². The highest BCUT2D eigenvalue weighted by atomic mass is 35.5. The normalized spacial score (nSPS) is 10.5. The van der Waals surface area contributed by atoms with E-state index in [-0.39, 0.29) is 11.3 Å². The number of pyridine rings is 1. The number of rotatable bonds is 1. The molecule has 2 N–H and O–H groups in total. The molecule has 1 aromatic carbocycles. The SMILES string of the molecule is O=C(O)c1c(O)cnc2ccc(Cl)cc12. The Labute approximate surface area is 89.8 Å². The quantitative estimate of drug-likeness (QED) is 0.778. The van der Waals surface area contributed by atoms with Crippen LogP contribution in [0.5, 0.6) is 5.75 Å². The van der Waals surface area contributed by atoms with Gasteiger partial charge < -0.3 is 10.2 Å². The summed E-state index contributed by atoms with van der Waals surface area (Å²) in [5.41, 5.74) is 0.303. The number of hydrogen-bond acceptors (Lipinski definition) is 3. The van der Waals surface area contributed by atoms with E-state index in [0.717, 1.165) is 6.20 Å². The highest BCUT2D eigenvalue weighted by Crippen LogP contribution is 2.27. The average molecular weight is 224 g/mol. The first kappa shape index (κ1) is 9.73. The molecule has 0 atom stereocenters. The average Bonchev–Trinajstić information content (AvgIpc) is 2.16. The van der Waals surface area contributed by atoms with Gasteiger partial charge in [0, 0.05) is 10.4 Å². The molecule has 0 saturated heterocycles. The van der Waals surface area contributed by atoms with Crippen molar-refractivity contribution in [2.75, 3.05) is 0 Å². The predicted molar refractivity (Wildman–Crippen MR) is 55.4 cm³/mol. The molecule has 2 rings (SSSR count). The molecule has 5 heteroatoms. The maximum absolute atomic E-state index is 10.9. The Balaban J connectivity index is 2.90. The minimum Gasteiger partial charge on any atom is -0.505 e. The minimum absolute atomic E-state index is 0.178. The van der Waals surface area contributed by atoms with E-state index in [1.807, 2.05) is 0 Å². The summed E-state index contributed by atoms with van der Waals surface area (Å²) in [6, 6.07) is 4.68. The van der Waals surface area contributed by atoms with Crippen molar-refractivity contribution >= 4 is 28.5 Å². The maximum Gasteiger partial charge on any atom is 0.340 e.